The fourth-order valence-electron chi connectivity index (χ4n) is 6.41. The number of rotatable bonds is 5. The topological polar surface area (TPSA) is 31.0 Å². The van der Waals surface area contributed by atoms with E-state index in [-0.39, 0.29) is 22.8 Å². The van der Waals surface area contributed by atoms with Gasteiger partial charge in [-0.05, 0) is 83.2 Å². The minimum absolute atomic E-state index is 0.136. The predicted octanol–water partition coefficient (Wildman–Crippen LogP) is 11.8. The van der Waals surface area contributed by atoms with Crippen molar-refractivity contribution in [3.8, 4) is 17.1 Å². The van der Waals surface area contributed by atoms with Crippen LogP contribution >= 0.6 is 0 Å². The molecule has 228 valence electrons. The maximum atomic E-state index is 13.6. The van der Waals surface area contributed by atoms with Gasteiger partial charge in [0, 0.05) is 10.8 Å². The maximum absolute atomic E-state index is 13.6. The number of benzene rings is 4. The van der Waals surface area contributed by atoms with Crippen molar-refractivity contribution < 1.29 is 17.6 Å². The van der Waals surface area contributed by atoms with E-state index in [1.165, 1.54) is 22.8 Å². The number of aromatic nitrogens is 2. The molecule has 0 bridgehead atoms. The molecule has 0 aliphatic rings. The Morgan fingerprint density at radius 3 is 2.07 bits per heavy atom. The van der Waals surface area contributed by atoms with Gasteiger partial charge in [-0.25, -0.2) is 4.98 Å². The van der Waals surface area contributed by atoms with Crippen LogP contribution in [0, 0.1) is 12.3 Å². The number of halogens is 3. The summed E-state index contributed by atoms with van der Waals surface area (Å²) in [6, 6.07) is 20.5. The highest BCUT2D eigenvalue weighted by atomic mass is 19.4. The van der Waals surface area contributed by atoms with Gasteiger partial charge >= 0.3 is 6.18 Å². The number of hydrogen-bond donors (Lipinski definition) is 0. The second-order valence-electron chi connectivity index (χ2n) is 13.9. The molecule has 0 N–H and O–H groups in total. The van der Waals surface area contributed by atoms with E-state index in [2.05, 4.69) is 71.2 Å². The lowest BCUT2D eigenvalue weighted by Gasteiger charge is -2.26. The molecule has 0 radical (unpaired) electrons. The lowest BCUT2D eigenvalue weighted by atomic mass is 9.83. The molecule has 2 heterocycles. The van der Waals surface area contributed by atoms with Crippen molar-refractivity contribution in [2.45, 2.75) is 79.8 Å². The zero-order chi connectivity index (χ0) is 31.7. The van der Waals surface area contributed by atoms with Crippen molar-refractivity contribution in [3.63, 3.8) is 0 Å². The Morgan fingerprint density at radius 1 is 0.818 bits per heavy atom. The molecule has 44 heavy (non-hydrogen) atoms. The van der Waals surface area contributed by atoms with Crippen LogP contribution in [0.15, 0.2) is 71.1 Å². The lowest BCUT2D eigenvalue weighted by molar-refractivity contribution is -0.137. The van der Waals surface area contributed by atoms with Gasteiger partial charge in [0.05, 0.1) is 27.8 Å². The van der Waals surface area contributed by atoms with Crippen LogP contribution in [0.4, 0.5) is 13.2 Å². The molecule has 0 aliphatic heterocycles. The van der Waals surface area contributed by atoms with Gasteiger partial charge in [0.1, 0.15) is 17.0 Å². The van der Waals surface area contributed by atoms with Gasteiger partial charge in [0.15, 0.2) is 0 Å². The van der Waals surface area contributed by atoms with Crippen LogP contribution < -0.4 is 0 Å². The molecule has 0 saturated heterocycles. The van der Waals surface area contributed by atoms with Crippen LogP contribution in [0.25, 0.3) is 50.0 Å². The summed E-state index contributed by atoms with van der Waals surface area (Å²) in [7, 11) is 0. The average Bonchev–Trinajstić information content (AvgIpc) is 3.48. The van der Waals surface area contributed by atoms with Gasteiger partial charge in [-0.3, -0.25) is 4.57 Å². The Kier molecular flexibility index (Phi) is 7.18. The first kappa shape index (κ1) is 30.0. The number of fused-ring (bicyclic) bond motifs is 4. The van der Waals surface area contributed by atoms with Gasteiger partial charge < -0.3 is 4.42 Å². The molecule has 2 aromatic heterocycles. The first-order valence-corrected chi connectivity index (χ1v) is 15.3. The first-order chi connectivity index (χ1) is 20.6. The molecule has 6 rings (SSSR count). The third-order valence-corrected chi connectivity index (χ3v) is 8.39. The number of imidazole rings is 1. The van der Waals surface area contributed by atoms with Crippen molar-refractivity contribution in [2.24, 2.45) is 5.41 Å². The normalized spacial score (nSPS) is 12.9. The lowest BCUT2D eigenvalue weighted by Crippen LogP contribution is -2.14. The highest BCUT2D eigenvalue weighted by Crippen LogP contribution is 2.44. The van der Waals surface area contributed by atoms with Crippen molar-refractivity contribution in [3.05, 3.63) is 94.5 Å². The zero-order valence-electron chi connectivity index (χ0n) is 26.6. The third kappa shape index (κ3) is 5.18. The van der Waals surface area contributed by atoms with Crippen LogP contribution in [-0.4, -0.2) is 9.55 Å². The molecule has 0 atom stereocenters. The standard InChI is InChI=1S/C38H39F3N2O/c1-21(2)28-17-24(20-37(6,7)8)18-29(22(3)4)34(28)43-31-12-10-9-11-30(31)42-36(43)33-23(5)13-15-27-26-16-14-25(38(39,40)41)19-32(26)44-35(27)33/h9-19,21-22H,20H2,1-8H3. The summed E-state index contributed by atoms with van der Waals surface area (Å²) >= 11 is 0. The summed E-state index contributed by atoms with van der Waals surface area (Å²) in [5.41, 5.74) is 8.60. The minimum Gasteiger partial charge on any atom is -0.455 e. The Labute approximate surface area is 256 Å². The smallest absolute Gasteiger partial charge is 0.416 e. The number of para-hydroxylation sites is 2. The summed E-state index contributed by atoms with van der Waals surface area (Å²) in [4.78, 5) is 5.20. The monoisotopic (exact) mass is 596 g/mol. The molecule has 6 aromatic rings. The van der Waals surface area contributed by atoms with Crippen molar-refractivity contribution in [1.29, 1.82) is 0 Å². The van der Waals surface area contributed by atoms with Crippen LogP contribution in [0.2, 0.25) is 0 Å². The number of hydrogen-bond acceptors (Lipinski definition) is 2. The van der Waals surface area contributed by atoms with Crippen LogP contribution in [0.3, 0.4) is 0 Å². The van der Waals surface area contributed by atoms with Gasteiger partial charge in [-0.2, -0.15) is 13.2 Å². The van der Waals surface area contributed by atoms with E-state index in [1.54, 1.807) is 0 Å². The van der Waals surface area contributed by atoms with E-state index in [1.807, 2.05) is 37.3 Å². The van der Waals surface area contributed by atoms with Crippen molar-refractivity contribution >= 4 is 33.0 Å². The minimum atomic E-state index is -4.46. The molecule has 0 fully saturated rings. The Morgan fingerprint density at radius 2 is 1.45 bits per heavy atom. The van der Waals surface area contributed by atoms with Gasteiger partial charge in [-0.1, -0.05) is 84.9 Å². The SMILES string of the molecule is Cc1ccc2c(oc3cc(C(F)(F)F)ccc32)c1-c1nc2ccccc2n1-c1c(C(C)C)cc(CC(C)(C)C)cc1C(C)C. The molecule has 0 aliphatic carbocycles. The Balaban J connectivity index is 1.72. The van der Waals surface area contributed by atoms with Gasteiger partial charge in [0.25, 0.3) is 0 Å². The summed E-state index contributed by atoms with van der Waals surface area (Å²) in [5, 5.41) is 1.41. The summed E-state index contributed by atoms with van der Waals surface area (Å²) in [6.45, 7) is 17.7. The van der Waals surface area contributed by atoms with E-state index in [9.17, 15) is 13.2 Å². The third-order valence-electron chi connectivity index (χ3n) is 8.39. The summed E-state index contributed by atoms with van der Waals surface area (Å²) in [5.74, 6) is 1.19. The van der Waals surface area contributed by atoms with Crippen LogP contribution in [0.5, 0.6) is 0 Å². The van der Waals surface area contributed by atoms with E-state index in [0.717, 1.165) is 57.6 Å². The fourth-order valence-corrected chi connectivity index (χ4v) is 6.41. The number of nitrogens with zero attached hydrogens (tertiary/aromatic N) is 2. The largest absolute Gasteiger partial charge is 0.455 e. The highest BCUT2D eigenvalue weighted by Gasteiger charge is 2.32. The summed E-state index contributed by atoms with van der Waals surface area (Å²) in [6.07, 6.45) is -3.50. The van der Waals surface area contributed by atoms with Crippen LogP contribution in [0.1, 0.15) is 88.1 Å². The van der Waals surface area contributed by atoms with E-state index >= 15 is 0 Å². The molecular weight excluding hydrogens is 557 g/mol. The maximum Gasteiger partial charge on any atom is 0.416 e. The highest BCUT2D eigenvalue weighted by molar-refractivity contribution is 6.10. The van der Waals surface area contributed by atoms with E-state index < -0.39 is 11.7 Å². The molecule has 0 spiro atoms. The Hall–Kier alpha value is -4.06. The van der Waals surface area contributed by atoms with E-state index in [0.29, 0.717) is 11.0 Å². The van der Waals surface area contributed by atoms with Crippen molar-refractivity contribution in [2.75, 3.05) is 0 Å². The second-order valence-corrected chi connectivity index (χ2v) is 13.9. The average molecular weight is 597 g/mol. The molecule has 6 heteroatoms. The quantitative estimate of drug-likeness (QED) is 0.198. The fraction of sp³-hybridized carbons (Fsp3) is 0.342. The molecule has 3 nitrogen and oxygen atoms in total. The van der Waals surface area contributed by atoms with Gasteiger partial charge in [-0.15, -0.1) is 0 Å². The number of alkyl halides is 3. The molecule has 0 unspecified atom stereocenters. The van der Waals surface area contributed by atoms with Gasteiger partial charge in [0.2, 0.25) is 0 Å². The van der Waals surface area contributed by atoms with Crippen LogP contribution in [-0.2, 0) is 12.6 Å². The summed E-state index contributed by atoms with van der Waals surface area (Å²) < 4.78 is 49.4. The zero-order valence-corrected chi connectivity index (χ0v) is 26.6. The second kappa shape index (κ2) is 10.5. The molecule has 0 amide bonds. The number of furan rings is 1. The Bertz CT molecular complexity index is 2000. The predicted molar refractivity (Wildman–Crippen MR) is 175 cm³/mol. The van der Waals surface area contributed by atoms with E-state index in [4.69, 9.17) is 9.40 Å². The molecule has 0 saturated carbocycles. The first-order valence-electron chi connectivity index (χ1n) is 15.3. The molecule has 4 aromatic carbocycles. The number of aryl methyl sites for hydroxylation is 1. The molecular formula is C38H39F3N2O. The van der Waals surface area contributed by atoms with Crippen molar-refractivity contribution in [1.82, 2.24) is 9.55 Å².